The van der Waals surface area contributed by atoms with Gasteiger partial charge in [-0.1, -0.05) is 51.1 Å². The molecule has 1 aliphatic rings. The van der Waals surface area contributed by atoms with Crippen LogP contribution < -0.4 is 16.1 Å². The SMILES string of the molecule is CC(NC(=O)C(NC=O)C(C)C)C(=O)N1CCCC(C(=O)O)N1.CCc1ccc2ccc(/C=C/CC(C)OC)cc2n1. The predicted molar refractivity (Wildman–Crippen MR) is 162 cm³/mol. The fraction of sp³-hybridized carbons (Fsp3) is 0.516. The number of fused-ring (bicyclic) bond motifs is 1. The molecule has 11 nitrogen and oxygen atoms in total. The maximum absolute atomic E-state index is 12.3. The summed E-state index contributed by atoms with van der Waals surface area (Å²) >= 11 is 0. The van der Waals surface area contributed by atoms with Gasteiger partial charge in [-0.05, 0) is 63.1 Å². The zero-order valence-corrected chi connectivity index (χ0v) is 25.4. The summed E-state index contributed by atoms with van der Waals surface area (Å²) in [5.74, 6) is -2.03. The molecule has 0 spiro atoms. The first-order valence-corrected chi connectivity index (χ1v) is 14.4. The highest BCUT2D eigenvalue weighted by Gasteiger charge is 2.31. The van der Waals surface area contributed by atoms with Crippen LogP contribution in [0, 0.1) is 5.92 Å². The van der Waals surface area contributed by atoms with E-state index in [9.17, 15) is 19.2 Å². The number of amides is 3. The van der Waals surface area contributed by atoms with Crippen molar-refractivity contribution in [1.29, 1.82) is 0 Å². The molecule has 3 amide bonds. The Balaban J connectivity index is 0.000000298. The van der Waals surface area contributed by atoms with Crippen LogP contribution in [0.3, 0.4) is 0 Å². The number of aryl methyl sites for hydroxylation is 1. The minimum absolute atomic E-state index is 0.132. The van der Waals surface area contributed by atoms with Crippen molar-refractivity contribution in [2.45, 2.75) is 84.5 Å². The summed E-state index contributed by atoms with van der Waals surface area (Å²) in [6.07, 6.45) is 7.91. The molecule has 1 aliphatic heterocycles. The van der Waals surface area contributed by atoms with Crippen LogP contribution in [0.1, 0.15) is 65.1 Å². The standard InChI is InChI=1S/C17H21NO.C14H24N4O5/c1-4-16-11-10-15-9-8-14(12-17(15)18-16)7-5-6-13(2)19-3;1-8(2)11(15-7-19)12(20)16-9(3)13(21)18-6-4-5-10(17-18)14(22)23/h5,7-13H,4,6H2,1-3H3;7-11,17H,4-6H2,1-3H3,(H,15,19)(H,16,20)(H,22,23)/b7-5+;. The maximum Gasteiger partial charge on any atom is 0.322 e. The van der Waals surface area contributed by atoms with Gasteiger partial charge in [0, 0.05) is 24.7 Å². The normalized spacial score (nSPS) is 17.2. The Kier molecular flexibility index (Phi) is 14.1. The van der Waals surface area contributed by atoms with Gasteiger partial charge in [0.2, 0.25) is 12.3 Å². The van der Waals surface area contributed by atoms with Gasteiger partial charge < -0.3 is 20.5 Å². The second kappa shape index (κ2) is 17.2. The number of hydrazine groups is 1. The van der Waals surface area contributed by atoms with Crippen LogP contribution >= 0.6 is 0 Å². The molecule has 1 saturated heterocycles. The second-order valence-electron chi connectivity index (χ2n) is 10.7. The number of carboxylic acids is 1. The van der Waals surface area contributed by atoms with Crippen molar-refractivity contribution in [3.05, 3.63) is 47.7 Å². The fourth-order valence-corrected chi connectivity index (χ4v) is 4.34. The number of rotatable bonds is 12. The van der Waals surface area contributed by atoms with Gasteiger partial charge >= 0.3 is 5.97 Å². The minimum atomic E-state index is -1.02. The summed E-state index contributed by atoms with van der Waals surface area (Å²) in [4.78, 5) is 50.7. The first kappa shape index (κ1) is 34.4. The fourth-order valence-electron chi connectivity index (χ4n) is 4.34. The van der Waals surface area contributed by atoms with Gasteiger partial charge in [-0.25, -0.2) is 5.43 Å². The van der Waals surface area contributed by atoms with E-state index >= 15 is 0 Å². The van der Waals surface area contributed by atoms with Gasteiger partial charge in [0.1, 0.15) is 18.1 Å². The Labute approximate surface area is 248 Å². The second-order valence-corrected chi connectivity index (χ2v) is 10.7. The minimum Gasteiger partial charge on any atom is -0.480 e. The van der Waals surface area contributed by atoms with E-state index in [1.54, 1.807) is 21.0 Å². The number of hydrogen-bond acceptors (Lipinski definition) is 7. The largest absolute Gasteiger partial charge is 0.480 e. The van der Waals surface area contributed by atoms with Crippen LogP contribution in [-0.2, 0) is 30.3 Å². The number of aromatic nitrogens is 1. The molecule has 3 rings (SSSR count). The molecule has 1 aromatic carbocycles. The van der Waals surface area contributed by atoms with Crippen LogP contribution in [0.15, 0.2) is 36.4 Å². The Morgan fingerprint density at radius 3 is 2.52 bits per heavy atom. The number of aliphatic carboxylic acids is 1. The molecule has 230 valence electrons. The third kappa shape index (κ3) is 10.5. The van der Waals surface area contributed by atoms with Crippen molar-refractivity contribution in [1.82, 2.24) is 26.1 Å². The van der Waals surface area contributed by atoms with Gasteiger partial charge in [-0.2, -0.15) is 0 Å². The Morgan fingerprint density at radius 2 is 1.90 bits per heavy atom. The Morgan fingerprint density at radius 1 is 1.19 bits per heavy atom. The van der Waals surface area contributed by atoms with Gasteiger partial charge in [0.05, 0.1) is 11.6 Å². The van der Waals surface area contributed by atoms with E-state index in [0.717, 1.165) is 24.1 Å². The van der Waals surface area contributed by atoms with E-state index in [1.807, 2.05) is 0 Å². The first-order valence-electron chi connectivity index (χ1n) is 14.4. The maximum atomic E-state index is 12.3. The van der Waals surface area contributed by atoms with Crippen LogP contribution in [0.5, 0.6) is 0 Å². The van der Waals surface area contributed by atoms with Crippen molar-refractivity contribution >= 4 is 41.2 Å². The molecular weight excluding hydrogens is 538 g/mol. The molecule has 4 atom stereocenters. The summed E-state index contributed by atoms with van der Waals surface area (Å²) in [6.45, 7) is 9.64. The highest BCUT2D eigenvalue weighted by atomic mass is 16.5. The van der Waals surface area contributed by atoms with Crippen molar-refractivity contribution in [3.8, 4) is 0 Å². The average Bonchev–Trinajstić information content (AvgIpc) is 2.98. The topological polar surface area (TPSA) is 150 Å². The lowest BCUT2D eigenvalue weighted by Crippen LogP contribution is -2.60. The van der Waals surface area contributed by atoms with Gasteiger partial charge in [0.25, 0.3) is 5.91 Å². The molecule has 2 heterocycles. The zero-order chi connectivity index (χ0) is 31.2. The molecule has 4 unspecified atom stereocenters. The van der Waals surface area contributed by atoms with E-state index in [1.165, 1.54) is 22.9 Å². The number of pyridine rings is 1. The van der Waals surface area contributed by atoms with E-state index < -0.39 is 35.9 Å². The first-order chi connectivity index (χ1) is 20.0. The number of nitrogens with one attached hydrogen (secondary N) is 3. The molecule has 4 N–H and O–H groups in total. The van der Waals surface area contributed by atoms with E-state index in [2.05, 4.69) is 77.4 Å². The summed E-state index contributed by atoms with van der Waals surface area (Å²) < 4.78 is 5.23. The average molecular weight is 584 g/mol. The zero-order valence-electron chi connectivity index (χ0n) is 25.4. The van der Waals surface area contributed by atoms with Gasteiger partial charge in [-0.15, -0.1) is 0 Å². The lowest BCUT2D eigenvalue weighted by molar-refractivity contribution is -0.148. The van der Waals surface area contributed by atoms with E-state index in [-0.39, 0.29) is 12.0 Å². The lowest BCUT2D eigenvalue weighted by Gasteiger charge is -2.34. The predicted octanol–water partition coefficient (Wildman–Crippen LogP) is 3.08. The monoisotopic (exact) mass is 583 g/mol. The van der Waals surface area contributed by atoms with Crippen molar-refractivity contribution in [2.75, 3.05) is 13.7 Å². The number of carbonyl (C=O) groups is 4. The van der Waals surface area contributed by atoms with Crippen LogP contribution in [0.25, 0.3) is 17.0 Å². The quantitative estimate of drug-likeness (QED) is 0.279. The van der Waals surface area contributed by atoms with Gasteiger partial charge in [-0.3, -0.25) is 29.2 Å². The molecule has 1 aromatic heterocycles. The molecule has 0 bridgehead atoms. The Bertz CT molecular complexity index is 1230. The van der Waals surface area contributed by atoms with Crippen molar-refractivity contribution in [3.63, 3.8) is 0 Å². The lowest BCUT2D eigenvalue weighted by atomic mass is 10.0. The number of methoxy groups -OCH3 is 1. The summed E-state index contributed by atoms with van der Waals surface area (Å²) in [5, 5.41) is 16.4. The van der Waals surface area contributed by atoms with Crippen molar-refractivity contribution < 1.29 is 29.0 Å². The third-order valence-corrected chi connectivity index (χ3v) is 6.99. The summed E-state index contributed by atoms with van der Waals surface area (Å²) in [7, 11) is 1.74. The number of ether oxygens (including phenoxy) is 1. The van der Waals surface area contributed by atoms with Crippen LogP contribution in [-0.4, -0.2) is 77.2 Å². The number of carboxylic acid groups (broad SMARTS) is 1. The molecule has 11 heteroatoms. The number of benzene rings is 1. The van der Waals surface area contributed by atoms with Crippen LogP contribution in [0.4, 0.5) is 0 Å². The Hall–Kier alpha value is -3.83. The van der Waals surface area contributed by atoms with Crippen LogP contribution in [0.2, 0.25) is 0 Å². The molecule has 2 aromatic rings. The molecule has 0 aliphatic carbocycles. The number of nitrogens with zero attached hydrogens (tertiary/aromatic N) is 2. The number of carbonyl (C=O) groups excluding carboxylic acids is 3. The highest BCUT2D eigenvalue weighted by molar-refractivity contribution is 5.90. The summed E-state index contributed by atoms with van der Waals surface area (Å²) in [5.41, 5.74) is 6.05. The van der Waals surface area contributed by atoms with E-state index in [0.29, 0.717) is 25.8 Å². The smallest absolute Gasteiger partial charge is 0.322 e. The third-order valence-electron chi connectivity index (χ3n) is 6.99. The summed E-state index contributed by atoms with van der Waals surface area (Å²) in [6, 6.07) is 8.25. The van der Waals surface area contributed by atoms with Gasteiger partial charge in [0.15, 0.2) is 0 Å². The van der Waals surface area contributed by atoms with Crippen molar-refractivity contribution in [2.24, 2.45) is 5.92 Å². The highest BCUT2D eigenvalue weighted by Crippen LogP contribution is 2.16. The molecule has 1 fully saturated rings. The van der Waals surface area contributed by atoms with E-state index in [4.69, 9.17) is 9.84 Å². The number of hydrogen-bond donors (Lipinski definition) is 4. The molecular formula is C31H45N5O6. The molecule has 0 saturated carbocycles. The molecule has 42 heavy (non-hydrogen) atoms. The molecule has 0 radical (unpaired) electrons.